The molecule has 4 aromatic rings. The van der Waals surface area contributed by atoms with E-state index < -0.39 is 0 Å². The summed E-state index contributed by atoms with van der Waals surface area (Å²) in [6, 6.07) is 10.4. The second-order valence-electron chi connectivity index (χ2n) is 6.75. The fourth-order valence-corrected chi connectivity index (χ4v) is 6.13. The van der Waals surface area contributed by atoms with Gasteiger partial charge in [-0.15, -0.1) is 21.5 Å². The maximum Gasteiger partial charge on any atom is 0.206 e. The SMILES string of the molecule is CNc1nnc(Sc2nc(CN3CCOCC3)nc3scc(-c4ccccc4)c23)s1. The van der Waals surface area contributed by atoms with Crippen LogP contribution in [0.2, 0.25) is 0 Å². The van der Waals surface area contributed by atoms with E-state index in [1.165, 1.54) is 16.9 Å². The number of ether oxygens (including phenoxy) is 1. The lowest BCUT2D eigenvalue weighted by Gasteiger charge is -2.25. The van der Waals surface area contributed by atoms with Gasteiger partial charge in [0.05, 0.1) is 25.1 Å². The molecule has 10 heteroatoms. The fourth-order valence-electron chi connectivity index (χ4n) is 3.32. The predicted octanol–water partition coefficient (Wildman–Crippen LogP) is 4.23. The molecule has 7 nitrogen and oxygen atoms in total. The predicted molar refractivity (Wildman–Crippen MR) is 123 cm³/mol. The Kier molecular flexibility index (Phi) is 5.91. The van der Waals surface area contributed by atoms with Crippen molar-refractivity contribution in [1.82, 2.24) is 25.1 Å². The average molecular weight is 457 g/mol. The van der Waals surface area contributed by atoms with Gasteiger partial charge < -0.3 is 10.1 Å². The third-order valence-corrected chi connectivity index (χ3v) is 7.66. The van der Waals surface area contributed by atoms with Gasteiger partial charge in [0.25, 0.3) is 0 Å². The number of thiophene rings is 1. The molecule has 0 amide bonds. The molecule has 1 aliphatic heterocycles. The van der Waals surface area contributed by atoms with Crippen molar-refractivity contribution in [3.8, 4) is 11.1 Å². The molecule has 1 saturated heterocycles. The minimum Gasteiger partial charge on any atom is -0.379 e. The first-order valence-corrected chi connectivity index (χ1v) is 12.1. The maximum atomic E-state index is 5.47. The largest absolute Gasteiger partial charge is 0.379 e. The van der Waals surface area contributed by atoms with Gasteiger partial charge in [0, 0.05) is 31.1 Å². The zero-order valence-corrected chi connectivity index (χ0v) is 18.8. The Morgan fingerprint density at radius 3 is 2.73 bits per heavy atom. The van der Waals surface area contributed by atoms with Crippen molar-refractivity contribution >= 4 is 49.8 Å². The van der Waals surface area contributed by atoms with Crippen LogP contribution in [0.1, 0.15) is 5.82 Å². The highest BCUT2D eigenvalue weighted by Crippen LogP contribution is 2.41. The van der Waals surface area contributed by atoms with Crippen molar-refractivity contribution in [3.05, 3.63) is 41.5 Å². The summed E-state index contributed by atoms with van der Waals surface area (Å²) in [5.74, 6) is 0.840. The molecule has 0 atom stereocenters. The molecule has 4 heterocycles. The van der Waals surface area contributed by atoms with E-state index in [-0.39, 0.29) is 0 Å². The van der Waals surface area contributed by atoms with Gasteiger partial charge >= 0.3 is 0 Å². The van der Waals surface area contributed by atoms with Gasteiger partial charge in [-0.2, -0.15) is 0 Å². The zero-order chi connectivity index (χ0) is 20.3. The molecular weight excluding hydrogens is 436 g/mol. The summed E-state index contributed by atoms with van der Waals surface area (Å²) in [4.78, 5) is 13.2. The number of hydrogen-bond donors (Lipinski definition) is 1. The van der Waals surface area contributed by atoms with E-state index in [9.17, 15) is 0 Å². The quantitative estimate of drug-likeness (QED) is 0.432. The van der Waals surface area contributed by atoms with Crippen LogP contribution in [0.25, 0.3) is 21.3 Å². The molecule has 5 rings (SSSR count). The molecule has 3 aromatic heterocycles. The number of nitrogens with zero attached hydrogens (tertiary/aromatic N) is 5. The van der Waals surface area contributed by atoms with Crippen LogP contribution in [-0.2, 0) is 11.3 Å². The van der Waals surface area contributed by atoms with Crippen LogP contribution in [0.4, 0.5) is 5.13 Å². The lowest BCUT2D eigenvalue weighted by Crippen LogP contribution is -2.36. The number of rotatable bonds is 6. The van der Waals surface area contributed by atoms with Gasteiger partial charge in [-0.05, 0) is 17.3 Å². The standard InChI is InChI=1S/C20H20N6OS3/c1-21-19-24-25-20(30-19)29-18-16-14(13-5-3-2-4-6-13)12-28-17(16)22-15(23-18)11-26-7-9-27-10-8-26/h2-6,12H,7-11H2,1H3,(H,21,24). The molecule has 0 radical (unpaired) electrons. The number of fused-ring (bicyclic) bond motifs is 1. The van der Waals surface area contributed by atoms with Crippen molar-refractivity contribution in [3.63, 3.8) is 0 Å². The Morgan fingerprint density at radius 2 is 1.97 bits per heavy atom. The van der Waals surface area contributed by atoms with Crippen molar-refractivity contribution in [2.45, 2.75) is 15.9 Å². The number of anilines is 1. The number of aromatic nitrogens is 4. The third-order valence-electron chi connectivity index (χ3n) is 4.80. The molecule has 0 saturated carbocycles. The van der Waals surface area contributed by atoms with Crippen molar-refractivity contribution in [1.29, 1.82) is 0 Å². The van der Waals surface area contributed by atoms with E-state index in [0.29, 0.717) is 0 Å². The molecular formula is C20H20N6OS3. The second kappa shape index (κ2) is 8.94. The Hall–Kier alpha value is -2.11. The van der Waals surface area contributed by atoms with Gasteiger partial charge in [0.2, 0.25) is 5.13 Å². The third kappa shape index (κ3) is 4.19. The molecule has 0 spiro atoms. The Bertz CT molecular complexity index is 1140. The lowest BCUT2D eigenvalue weighted by molar-refractivity contribution is 0.0330. The van der Waals surface area contributed by atoms with Crippen LogP contribution in [0, 0.1) is 0 Å². The van der Waals surface area contributed by atoms with Gasteiger partial charge in [0.1, 0.15) is 15.7 Å². The van der Waals surface area contributed by atoms with Crippen molar-refractivity contribution < 1.29 is 4.74 Å². The van der Waals surface area contributed by atoms with Crippen LogP contribution in [0.15, 0.2) is 45.1 Å². The van der Waals surface area contributed by atoms with Gasteiger partial charge in [-0.3, -0.25) is 4.90 Å². The highest BCUT2D eigenvalue weighted by molar-refractivity contribution is 8.01. The first-order valence-electron chi connectivity index (χ1n) is 9.63. The number of benzene rings is 1. The molecule has 1 aromatic carbocycles. The van der Waals surface area contributed by atoms with Gasteiger partial charge in [-0.1, -0.05) is 41.7 Å². The van der Waals surface area contributed by atoms with E-state index in [1.807, 2.05) is 13.1 Å². The number of nitrogens with one attached hydrogen (secondary N) is 1. The van der Waals surface area contributed by atoms with E-state index in [2.05, 4.69) is 50.1 Å². The van der Waals surface area contributed by atoms with Gasteiger partial charge in [-0.25, -0.2) is 9.97 Å². The Morgan fingerprint density at radius 1 is 1.13 bits per heavy atom. The van der Waals surface area contributed by atoms with Crippen LogP contribution in [-0.4, -0.2) is 58.4 Å². The first-order chi connectivity index (χ1) is 14.8. The fraction of sp³-hybridized carbons (Fsp3) is 0.300. The highest BCUT2D eigenvalue weighted by atomic mass is 32.2. The summed E-state index contributed by atoms with van der Waals surface area (Å²) in [6.45, 7) is 4.07. The minimum absolute atomic E-state index is 0.726. The van der Waals surface area contributed by atoms with E-state index in [4.69, 9.17) is 14.7 Å². The summed E-state index contributed by atoms with van der Waals surface area (Å²) >= 11 is 4.75. The van der Waals surface area contributed by atoms with Crippen LogP contribution in [0.3, 0.4) is 0 Å². The van der Waals surface area contributed by atoms with E-state index in [0.717, 1.165) is 68.9 Å². The molecule has 30 heavy (non-hydrogen) atoms. The van der Waals surface area contributed by atoms with Crippen LogP contribution < -0.4 is 5.32 Å². The summed E-state index contributed by atoms with van der Waals surface area (Å²) in [6.07, 6.45) is 0. The summed E-state index contributed by atoms with van der Waals surface area (Å²) in [7, 11) is 1.85. The normalized spacial score (nSPS) is 15.0. The highest BCUT2D eigenvalue weighted by Gasteiger charge is 2.20. The van der Waals surface area contributed by atoms with E-state index >= 15 is 0 Å². The molecule has 0 aliphatic carbocycles. The lowest BCUT2D eigenvalue weighted by atomic mass is 10.1. The molecule has 1 N–H and O–H groups in total. The number of hydrogen-bond acceptors (Lipinski definition) is 10. The summed E-state index contributed by atoms with van der Waals surface area (Å²) in [5.41, 5.74) is 2.33. The molecule has 0 unspecified atom stereocenters. The molecule has 0 bridgehead atoms. The van der Waals surface area contributed by atoms with Crippen molar-refractivity contribution in [2.24, 2.45) is 0 Å². The Labute approximate surface area is 186 Å². The minimum atomic E-state index is 0.726. The molecule has 1 aliphatic rings. The average Bonchev–Trinajstić information content (AvgIpc) is 3.42. The monoisotopic (exact) mass is 456 g/mol. The Balaban J connectivity index is 1.57. The van der Waals surface area contributed by atoms with Gasteiger partial charge in [0.15, 0.2) is 4.34 Å². The summed E-state index contributed by atoms with van der Waals surface area (Å²) < 4.78 is 6.33. The topological polar surface area (TPSA) is 76.1 Å². The van der Waals surface area contributed by atoms with Crippen molar-refractivity contribution in [2.75, 3.05) is 38.7 Å². The van der Waals surface area contributed by atoms with Crippen LogP contribution >= 0.6 is 34.4 Å². The smallest absolute Gasteiger partial charge is 0.206 e. The van der Waals surface area contributed by atoms with Crippen LogP contribution in [0.5, 0.6) is 0 Å². The first kappa shape index (κ1) is 19.8. The number of morpholine rings is 1. The molecule has 154 valence electrons. The molecule has 1 fully saturated rings. The zero-order valence-electron chi connectivity index (χ0n) is 16.4. The van der Waals surface area contributed by atoms with E-state index in [1.54, 1.807) is 23.1 Å². The maximum absolute atomic E-state index is 5.47. The summed E-state index contributed by atoms with van der Waals surface area (Å²) in [5, 5.41) is 16.5. The second-order valence-corrected chi connectivity index (χ2v) is 9.83.